The molecule has 3 amide bonds. The zero-order valence-electron chi connectivity index (χ0n) is 61.6. The van der Waals surface area contributed by atoms with Crippen molar-refractivity contribution in [2.24, 2.45) is 23.2 Å². The average Bonchev–Trinajstić information content (AvgIpc) is 1.69. The number of benzene rings is 3. The SMILES string of the molecule is CC.CC=O.CCCC(=O)N(c1ccc(C(CCC)CCC(C)CC)cc1C)C1CCC(=O)NC1=O.CCCC1(CCC(C)CC)CC(C)C1.CCc1c(F)ccc2cc(O)cc(-c3ncc4c(N5CCCC5CO)nc(OC)nc4c3F)c12.COCC1CCC2(C)CCCN12. The number of nitrogens with one attached hydrogen (secondary N) is 1. The van der Waals surface area contributed by atoms with E-state index in [0.717, 1.165) is 73.0 Å². The number of carbonyl (C=O) groups excluding carboxylic acids is 4. The Kier molecular flexibility index (Phi) is 33.1. The van der Waals surface area contributed by atoms with Gasteiger partial charge in [-0.25, -0.2) is 8.78 Å². The fourth-order valence-electron chi connectivity index (χ4n) is 15.5. The number of hydrogen-bond donors (Lipinski definition) is 3. The van der Waals surface area contributed by atoms with Crippen LogP contribution in [-0.4, -0.2) is 118 Å². The fraction of sp³-hybridized carbons (Fsp3) is 0.658. The van der Waals surface area contributed by atoms with E-state index in [1.165, 1.54) is 140 Å². The minimum absolute atomic E-state index is 0.00128. The van der Waals surface area contributed by atoms with Crippen LogP contribution in [-0.2, 0) is 30.3 Å². The zero-order chi connectivity index (χ0) is 70.9. The van der Waals surface area contributed by atoms with E-state index in [-0.39, 0.29) is 65.3 Å². The molecule has 0 spiro atoms. The number of ether oxygens (including phenoxy) is 2. The summed E-state index contributed by atoms with van der Waals surface area (Å²) < 4.78 is 41.2. The predicted molar refractivity (Wildman–Crippen MR) is 388 cm³/mol. The summed E-state index contributed by atoms with van der Waals surface area (Å²) in [6, 6.07) is 12.1. The Balaban J connectivity index is 0.000000244. The molecule has 96 heavy (non-hydrogen) atoms. The number of aryl methyl sites for hydroxylation is 2. The third kappa shape index (κ3) is 20.7. The predicted octanol–water partition coefficient (Wildman–Crippen LogP) is 17.9. The van der Waals surface area contributed by atoms with Crippen LogP contribution in [0.2, 0.25) is 0 Å². The molecule has 2 aromatic heterocycles. The number of halogens is 2. The molecule has 4 saturated heterocycles. The fourth-order valence-corrected chi connectivity index (χ4v) is 15.5. The molecule has 5 aliphatic rings. The van der Waals surface area contributed by atoms with Gasteiger partial charge in [-0.1, -0.05) is 133 Å². The molecule has 6 heterocycles. The third-order valence-electron chi connectivity index (χ3n) is 20.8. The number of aliphatic hydroxyl groups is 1. The Bertz CT molecular complexity index is 3260. The van der Waals surface area contributed by atoms with E-state index in [1.807, 2.05) is 52.7 Å². The van der Waals surface area contributed by atoms with Crippen molar-refractivity contribution in [3.8, 4) is 23.0 Å². The summed E-state index contributed by atoms with van der Waals surface area (Å²) in [4.78, 5) is 65.3. The number of phenols is 1. The van der Waals surface area contributed by atoms with E-state index in [9.17, 15) is 29.0 Å². The lowest BCUT2D eigenvalue weighted by Gasteiger charge is -2.47. The average molecular weight is 1330 g/mol. The Morgan fingerprint density at radius 2 is 1.57 bits per heavy atom. The van der Waals surface area contributed by atoms with Crippen LogP contribution in [0.3, 0.4) is 0 Å². The Morgan fingerprint density at radius 3 is 2.18 bits per heavy atom. The molecule has 5 fully saturated rings. The van der Waals surface area contributed by atoms with Gasteiger partial charge in [0.05, 0.1) is 31.8 Å². The molecular weight excluding hydrogens is 1210 g/mol. The number of hydrogen-bond acceptors (Lipinski definition) is 13. The van der Waals surface area contributed by atoms with Crippen molar-refractivity contribution in [2.75, 3.05) is 50.3 Å². The molecule has 4 aliphatic heterocycles. The van der Waals surface area contributed by atoms with Crippen molar-refractivity contribution in [3.63, 3.8) is 0 Å². The highest BCUT2D eigenvalue weighted by molar-refractivity contribution is 6.07. The molecule has 3 aromatic carbocycles. The number of fused-ring (bicyclic) bond motifs is 3. The summed E-state index contributed by atoms with van der Waals surface area (Å²) in [5.74, 6) is 1.74. The lowest BCUT2D eigenvalue weighted by molar-refractivity contribution is -0.135. The summed E-state index contributed by atoms with van der Waals surface area (Å²) >= 11 is 0. The molecule has 5 aromatic rings. The second-order valence-corrected chi connectivity index (χ2v) is 28.0. The van der Waals surface area contributed by atoms with E-state index >= 15 is 4.39 Å². The lowest BCUT2D eigenvalue weighted by Crippen LogP contribution is -2.54. The van der Waals surface area contributed by atoms with Crippen LogP contribution in [0.4, 0.5) is 20.3 Å². The van der Waals surface area contributed by atoms with Gasteiger partial charge in [-0.15, -0.1) is 0 Å². The van der Waals surface area contributed by atoms with E-state index in [1.54, 1.807) is 11.0 Å². The van der Waals surface area contributed by atoms with Crippen molar-refractivity contribution in [1.29, 1.82) is 0 Å². The quantitative estimate of drug-likeness (QED) is 0.0391. The monoisotopic (exact) mass is 1330 g/mol. The van der Waals surface area contributed by atoms with Gasteiger partial charge in [0.2, 0.25) is 17.7 Å². The number of aromatic nitrogens is 3. The smallest absolute Gasteiger partial charge is 0.318 e. The first-order valence-corrected chi connectivity index (χ1v) is 36.7. The minimum Gasteiger partial charge on any atom is -0.508 e. The second kappa shape index (κ2) is 39.4. The number of aliphatic hydroxyl groups excluding tert-OH is 1. The van der Waals surface area contributed by atoms with Gasteiger partial charge < -0.3 is 29.4 Å². The lowest BCUT2D eigenvalue weighted by atomic mass is 9.58. The molecule has 10 rings (SSSR count). The molecule has 0 bridgehead atoms. The number of anilines is 2. The molecular formula is C79H121F2N7O8. The summed E-state index contributed by atoms with van der Waals surface area (Å²) in [6.45, 7) is 32.7. The van der Waals surface area contributed by atoms with Crippen molar-refractivity contribution in [1.82, 2.24) is 25.2 Å². The highest BCUT2D eigenvalue weighted by Gasteiger charge is 2.46. The molecule has 1 aliphatic carbocycles. The van der Waals surface area contributed by atoms with Crippen LogP contribution >= 0.6 is 0 Å². The molecule has 7 unspecified atom stereocenters. The maximum Gasteiger partial charge on any atom is 0.318 e. The number of methoxy groups -OCH3 is 2. The van der Waals surface area contributed by atoms with Crippen LogP contribution in [0.25, 0.3) is 32.9 Å². The van der Waals surface area contributed by atoms with Crippen molar-refractivity contribution in [3.05, 3.63) is 77.0 Å². The van der Waals surface area contributed by atoms with Crippen molar-refractivity contribution in [2.45, 2.75) is 274 Å². The number of amides is 3. The van der Waals surface area contributed by atoms with E-state index in [0.29, 0.717) is 77.3 Å². The van der Waals surface area contributed by atoms with Gasteiger partial charge in [-0.2, -0.15) is 9.97 Å². The molecule has 3 N–H and O–H groups in total. The number of carbonyl (C=O) groups is 4. The third-order valence-corrected chi connectivity index (χ3v) is 20.8. The molecule has 534 valence electrons. The Labute approximate surface area is 575 Å². The number of aldehydes is 1. The van der Waals surface area contributed by atoms with Gasteiger partial charge in [0.15, 0.2) is 5.82 Å². The molecule has 15 nitrogen and oxygen atoms in total. The number of rotatable bonds is 24. The molecule has 1 saturated carbocycles. The van der Waals surface area contributed by atoms with Gasteiger partial charge in [-0.3, -0.25) is 34.5 Å². The van der Waals surface area contributed by atoms with Crippen LogP contribution < -0.4 is 19.9 Å². The topological polar surface area (TPSA) is 188 Å². The maximum absolute atomic E-state index is 16.1. The largest absolute Gasteiger partial charge is 0.508 e. The summed E-state index contributed by atoms with van der Waals surface area (Å²) in [7, 11) is 3.21. The van der Waals surface area contributed by atoms with Crippen molar-refractivity contribution >= 4 is 57.2 Å². The number of phenolic OH excluding ortho intramolecular Hbond substituents is 1. The second-order valence-electron chi connectivity index (χ2n) is 28.0. The minimum atomic E-state index is -0.725. The van der Waals surface area contributed by atoms with E-state index in [4.69, 9.17) is 14.3 Å². The number of pyridine rings is 1. The number of piperidine rings is 1. The first-order chi connectivity index (χ1) is 46.1. The van der Waals surface area contributed by atoms with Gasteiger partial charge in [0.25, 0.3) is 0 Å². The summed E-state index contributed by atoms with van der Waals surface area (Å²) in [5.41, 5.74) is 5.06. The van der Waals surface area contributed by atoms with Gasteiger partial charge in [0.1, 0.15) is 40.9 Å². The van der Waals surface area contributed by atoms with Gasteiger partial charge in [-0.05, 0) is 204 Å². The summed E-state index contributed by atoms with van der Waals surface area (Å²) in [6.07, 6.45) is 27.6. The first kappa shape index (κ1) is 80.5. The molecule has 7 atom stereocenters. The van der Waals surface area contributed by atoms with E-state index < -0.39 is 17.7 Å². The van der Waals surface area contributed by atoms with Crippen LogP contribution in [0.1, 0.15) is 254 Å². The van der Waals surface area contributed by atoms with Crippen LogP contribution in [0.15, 0.2) is 48.7 Å². The van der Waals surface area contributed by atoms with Crippen LogP contribution in [0.5, 0.6) is 11.8 Å². The molecule has 17 heteroatoms. The highest BCUT2D eigenvalue weighted by Crippen LogP contribution is 2.52. The Hall–Kier alpha value is -6.17. The number of aromatic hydroxyl groups is 1. The standard InChI is InChI=1S/C26H40N2O3.C25H24F2N4O3.C14H28.C10H19NO.C2H4O.C2H6/c1-6-9-20(12-11-18(4)8-3)21-13-14-22(19(5)17-21)28(25(30)10-7-2)23-15-16-24(29)27-26(23)31;1-3-16-19(26)7-6-13-9-15(33)10-17(20(13)16)22-21(27)23-18(11-28-22)24(30-25(29-23)34-2)31-8-4-5-14(31)12-32;1-5-8-14(10-13(4)11-14)9-7-12(3)6-2;1-10-5-3-7-11(10)9(4-6-10)8-12-2;1-2-3;1-2/h13-14,17-18,20,23H,6-12,15-16H2,1-5H3,(H,27,29,31);6-7,9-11,14,32-33H,3-5,8,12H2,1-2H3;12-13H,5-11H2,1-4H3;9H,3-8H2,1-2H3;2H,1H3;1-2H3. The molecule has 0 radical (unpaired) electrons. The van der Waals surface area contributed by atoms with Gasteiger partial charge in [0, 0.05) is 55.5 Å². The number of nitrogens with zero attached hydrogens (tertiary/aromatic N) is 6. The maximum atomic E-state index is 16.1. The normalized spacial score (nSPS) is 22.0. The number of imide groups is 1. The zero-order valence-corrected chi connectivity index (χ0v) is 61.6. The first-order valence-electron chi connectivity index (χ1n) is 36.7. The van der Waals surface area contributed by atoms with Gasteiger partial charge >= 0.3 is 6.01 Å². The van der Waals surface area contributed by atoms with Crippen molar-refractivity contribution < 1.29 is 47.6 Å². The Morgan fingerprint density at radius 1 is 0.865 bits per heavy atom. The highest BCUT2D eigenvalue weighted by atomic mass is 19.1. The summed E-state index contributed by atoms with van der Waals surface area (Å²) in [5, 5.41) is 24.0. The van der Waals surface area contributed by atoms with Crippen LogP contribution in [0, 0.1) is 41.7 Å². The van der Waals surface area contributed by atoms with E-state index in [2.05, 4.69) is 92.7 Å².